The Morgan fingerprint density at radius 2 is 1.66 bits per heavy atom. The number of hydrogen-bond donors (Lipinski definition) is 0. The first kappa shape index (κ1) is 33.9. The molecule has 2 rings (SSSR count). The molecular weight excluding hydrogens is 528 g/mol. The van der Waals surface area contributed by atoms with Gasteiger partial charge in [0.25, 0.3) is 0 Å². The zero-order valence-electron chi connectivity index (χ0n) is 16.6. The van der Waals surface area contributed by atoms with Crippen molar-refractivity contribution in [3.8, 4) is 0 Å². The summed E-state index contributed by atoms with van der Waals surface area (Å²) in [5.41, 5.74) is -0.176. The standard InChI is InChI=1S/C20H21FN2O2.2BrH.2Mg/c1-22-18-9-10-19(15(13-18)14-24)20(25,11-4-12-23(2)3)16-5-7-17(21)8-6-16;;;;/h5-10,13H,4,11-12,14H2,2-3H3;2*1H;;/q-2;;;2*+2/p-2. The van der Waals surface area contributed by atoms with E-state index in [4.69, 9.17) is 6.57 Å². The molecule has 148 valence electrons. The van der Waals surface area contributed by atoms with Gasteiger partial charge in [0, 0.05) is 0 Å². The van der Waals surface area contributed by atoms with Gasteiger partial charge in [0.05, 0.1) is 6.57 Å². The van der Waals surface area contributed by atoms with Gasteiger partial charge in [-0.15, -0.1) is 6.61 Å². The largest absolute Gasteiger partial charge is 2.00 e. The van der Waals surface area contributed by atoms with E-state index < -0.39 is 18.0 Å². The first-order valence-electron chi connectivity index (χ1n) is 8.11. The maximum atomic E-state index is 13.8. The fourth-order valence-electron chi connectivity index (χ4n) is 2.96. The second-order valence-corrected chi connectivity index (χ2v) is 6.34. The molecule has 0 heterocycles. The minimum Gasteiger partial charge on any atom is -1.00 e. The fraction of sp³-hybridized carbons (Fsp3) is 0.350. The number of nitrogens with zero attached hydrogens (tertiary/aromatic N) is 2. The van der Waals surface area contributed by atoms with Crippen molar-refractivity contribution in [1.29, 1.82) is 0 Å². The van der Waals surface area contributed by atoms with Gasteiger partial charge in [-0.1, -0.05) is 59.0 Å². The Morgan fingerprint density at radius 3 is 2.14 bits per heavy atom. The maximum absolute atomic E-state index is 13.8. The van der Waals surface area contributed by atoms with Crippen molar-refractivity contribution in [2.75, 3.05) is 20.6 Å². The van der Waals surface area contributed by atoms with Crippen molar-refractivity contribution >= 4 is 51.8 Å². The normalized spacial score (nSPS) is 11.6. The third-order valence-electron chi connectivity index (χ3n) is 4.25. The van der Waals surface area contributed by atoms with Crippen LogP contribution in [0.5, 0.6) is 0 Å². The smallest absolute Gasteiger partial charge is 1.00 e. The number of benzene rings is 2. The quantitative estimate of drug-likeness (QED) is 0.259. The number of rotatable bonds is 7. The van der Waals surface area contributed by atoms with Gasteiger partial charge in [0.1, 0.15) is 5.82 Å². The summed E-state index contributed by atoms with van der Waals surface area (Å²) in [7, 11) is 3.86. The van der Waals surface area contributed by atoms with Crippen molar-refractivity contribution < 1.29 is 48.6 Å². The van der Waals surface area contributed by atoms with Gasteiger partial charge in [-0.05, 0) is 39.2 Å². The van der Waals surface area contributed by atoms with Crippen LogP contribution in [0.4, 0.5) is 10.1 Å². The van der Waals surface area contributed by atoms with Gasteiger partial charge < -0.3 is 49.1 Å². The van der Waals surface area contributed by atoms with E-state index in [9.17, 15) is 14.6 Å². The Morgan fingerprint density at radius 1 is 1.07 bits per heavy atom. The second kappa shape index (κ2) is 15.9. The van der Waals surface area contributed by atoms with E-state index in [1.165, 1.54) is 30.3 Å². The molecule has 2 aromatic rings. The molecule has 0 aromatic heterocycles. The van der Waals surface area contributed by atoms with E-state index >= 15 is 0 Å². The van der Waals surface area contributed by atoms with Gasteiger partial charge >= 0.3 is 46.1 Å². The summed E-state index contributed by atoms with van der Waals surface area (Å²) in [6, 6.07) is 10.1. The van der Waals surface area contributed by atoms with Crippen LogP contribution in [0.25, 0.3) is 4.85 Å². The molecule has 9 heteroatoms. The summed E-state index contributed by atoms with van der Waals surface area (Å²) in [5, 5.41) is 25.4. The van der Waals surface area contributed by atoms with E-state index in [1.807, 2.05) is 19.0 Å². The van der Waals surface area contributed by atoms with E-state index in [-0.39, 0.29) is 86.5 Å². The molecule has 0 saturated carbocycles. The molecule has 0 aliphatic heterocycles. The van der Waals surface area contributed by atoms with Crippen molar-refractivity contribution in [1.82, 2.24) is 4.90 Å². The number of halogens is 3. The molecule has 0 aliphatic carbocycles. The molecule has 0 bridgehead atoms. The third kappa shape index (κ3) is 9.09. The monoisotopic (exact) mass is 546 g/mol. The van der Waals surface area contributed by atoms with Crippen molar-refractivity contribution in [2.45, 2.75) is 25.0 Å². The molecule has 1 atom stereocenters. The van der Waals surface area contributed by atoms with E-state index in [0.29, 0.717) is 28.8 Å². The van der Waals surface area contributed by atoms with E-state index in [0.717, 1.165) is 6.54 Å². The van der Waals surface area contributed by atoms with Crippen molar-refractivity contribution in [3.05, 3.63) is 76.4 Å². The zero-order chi connectivity index (χ0) is 18.4. The zero-order valence-corrected chi connectivity index (χ0v) is 22.6. The fourth-order valence-corrected chi connectivity index (χ4v) is 2.96. The molecule has 29 heavy (non-hydrogen) atoms. The Bertz CT molecular complexity index is 774. The van der Waals surface area contributed by atoms with Crippen LogP contribution in [0.2, 0.25) is 0 Å². The average molecular weight is 549 g/mol. The van der Waals surface area contributed by atoms with Gasteiger partial charge in [0.15, 0.2) is 5.69 Å². The van der Waals surface area contributed by atoms with Crippen molar-refractivity contribution in [3.63, 3.8) is 0 Å². The Labute approximate surface area is 225 Å². The van der Waals surface area contributed by atoms with Crippen LogP contribution in [0, 0.1) is 12.4 Å². The van der Waals surface area contributed by atoms with Gasteiger partial charge in [-0.25, -0.2) is 9.24 Å². The molecule has 0 saturated heterocycles. The Balaban J connectivity index is -0.00000169. The van der Waals surface area contributed by atoms with Crippen LogP contribution in [0.15, 0.2) is 42.5 Å². The van der Waals surface area contributed by atoms with Crippen LogP contribution in [0.1, 0.15) is 29.5 Å². The third-order valence-corrected chi connectivity index (χ3v) is 4.25. The Kier molecular flexibility index (Phi) is 18.6. The predicted molar refractivity (Wildman–Crippen MR) is 103 cm³/mol. The first-order chi connectivity index (χ1) is 11.9. The van der Waals surface area contributed by atoms with E-state index in [2.05, 4.69) is 4.85 Å². The van der Waals surface area contributed by atoms with Crippen LogP contribution >= 0.6 is 0 Å². The molecule has 0 spiro atoms. The first-order valence-corrected chi connectivity index (χ1v) is 8.11. The average Bonchev–Trinajstić information content (AvgIpc) is 2.61. The topological polar surface area (TPSA) is 53.7 Å². The minimum absolute atomic E-state index is 0. The summed E-state index contributed by atoms with van der Waals surface area (Å²) >= 11 is 0. The van der Waals surface area contributed by atoms with Crippen LogP contribution in [-0.4, -0.2) is 71.6 Å². The van der Waals surface area contributed by atoms with Gasteiger partial charge in [-0.3, -0.25) is 0 Å². The minimum atomic E-state index is -1.65. The summed E-state index contributed by atoms with van der Waals surface area (Å²) in [5.74, 6) is -0.410. The number of hydrogen-bond acceptors (Lipinski definition) is 3. The molecule has 0 fully saturated rings. The summed E-state index contributed by atoms with van der Waals surface area (Å²) in [6.45, 7) is 7.25. The van der Waals surface area contributed by atoms with Crippen LogP contribution in [0.3, 0.4) is 0 Å². The molecule has 0 radical (unpaired) electrons. The SMILES string of the molecule is [Br-].[Br-].[C-]#[N+]c1ccc(C([O-])(CCCN(C)C)c2ccc(F)cc2)c(C[O-])c1.[Mg+2].[Mg+2]. The molecular formula is C20H21Br2FMg2N2O2. The van der Waals surface area contributed by atoms with Crippen LogP contribution in [-0.2, 0) is 12.2 Å². The second-order valence-electron chi connectivity index (χ2n) is 6.34. The molecule has 0 aliphatic rings. The predicted octanol–water partition coefficient (Wildman–Crippen LogP) is -4.57. The van der Waals surface area contributed by atoms with Gasteiger partial charge in [-0.2, -0.15) is 0 Å². The van der Waals surface area contributed by atoms with Crippen molar-refractivity contribution in [2.24, 2.45) is 0 Å². The summed E-state index contributed by atoms with van der Waals surface area (Å²) in [6.07, 6.45) is 0.915. The molecule has 4 nitrogen and oxygen atoms in total. The maximum Gasteiger partial charge on any atom is 2.00 e. The molecule has 1 unspecified atom stereocenters. The summed E-state index contributed by atoms with van der Waals surface area (Å²) < 4.78 is 13.3. The van der Waals surface area contributed by atoms with Crippen LogP contribution < -0.4 is 44.2 Å². The Hall–Kier alpha value is 0.232. The molecule has 0 amide bonds. The summed E-state index contributed by atoms with van der Waals surface area (Å²) in [4.78, 5) is 5.31. The van der Waals surface area contributed by atoms with E-state index in [1.54, 1.807) is 12.1 Å². The van der Waals surface area contributed by atoms with Gasteiger partial charge in [0.2, 0.25) is 0 Å². The molecule has 2 aromatic carbocycles. The molecule has 0 N–H and O–H groups in total.